The molecule has 0 aliphatic carbocycles. The molecule has 2 aromatic carbocycles. The van der Waals surface area contributed by atoms with E-state index in [1.54, 1.807) is 0 Å². The number of fused-ring (bicyclic) bond motifs is 1. The predicted molar refractivity (Wildman–Crippen MR) is 64.3 cm³/mol. The summed E-state index contributed by atoms with van der Waals surface area (Å²) in [6.45, 7) is 4.12. The van der Waals surface area contributed by atoms with Gasteiger partial charge in [-0.2, -0.15) is 0 Å². The molecular weight excluding hydrogens is 184 g/mol. The Morgan fingerprint density at radius 3 is 2.60 bits per heavy atom. The fraction of sp³-hybridized carbons (Fsp3) is 0.286. The van der Waals surface area contributed by atoms with Gasteiger partial charge in [-0.15, -0.1) is 0 Å². The van der Waals surface area contributed by atoms with Gasteiger partial charge in [-0.05, 0) is 47.4 Å². The Hall–Kier alpha value is -1.50. The van der Waals surface area contributed by atoms with Crippen LogP contribution in [-0.4, -0.2) is 5.11 Å². The van der Waals surface area contributed by atoms with Gasteiger partial charge in [-0.1, -0.05) is 31.5 Å². The Labute approximate surface area is 90.4 Å². The number of aromatic hydroxyl groups is 1. The zero-order chi connectivity index (χ0) is 10.8. The monoisotopic (exact) mass is 200 g/mol. The summed E-state index contributed by atoms with van der Waals surface area (Å²) in [5, 5.41) is 11.9. The zero-order valence-corrected chi connectivity index (χ0v) is 9.25. The fourth-order valence-electron chi connectivity index (χ4n) is 1.89. The van der Waals surface area contributed by atoms with Crippen LogP contribution in [0, 0.1) is 6.92 Å². The molecule has 0 atom stereocenters. The fourth-order valence-corrected chi connectivity index (χ4v) is 1.89. The molecule has 0 spiro atoms. The van der Waals surface area contributed by atoms with Gasteiger partial charge in [-0.3, -0.25) is 0 Å². The smallest absolute Gasteiger partial charge is 0.119 e. The number of benzene rings is 2. The molecule has 0 aliphatic rings. The van der Waals surface area contributed by atoms with Gasteiger partial charge in [-0.25, -0.2) is 0 Å². The van der Waals surface area contributed by atoms with E-state index in [-0.39, 0.29) is 0 Å². The van der Waals surface area contributed by atoms with Crippen molar-refractivity contribution in [2.45, 2.75) is 26.7 Å². The van der Waals surface area contributed by atoms with E-state index >= 15 is 0 Å². The summed E-state index contributed by atoms with van der Waals surface area (Å²) in [7, 11) is 0. The summed E-state index contributed by atoms with van der Waals surface area (Å²) in [5.41, 5.74) is 2.31. The second-order valence-corrected chi connectivity index (χ2v) is 4.07. The summed E-state index contributed by atoms with van der Waals surface area (Å²) < 4.78 is 0. The third kappa shape index (κ3) is 1.96. The van der Waals surface area contributed by atoms with Crippen LogP contribution in [0.25, 0.3) is 10.8 Å². The molecule has 1 nitrogen and oxygen atoms in total. The molecule has 1 heteroatoms. The van der Waals surface area contributed by atoms with Crippen molar-refractivity contribution in [2.24, 2.45) is 0 Å². The van der Waals surface area contributed by atoms with Crippen LogP contribution < -0.4 is 0 Å². The standard InChI is InChI=1S/C14H16O/c1-3-4-11-5-6-12-9-14(15)10(2)7-13(12)8-11/h5-9,15H,3-4H2,1-2H3. The van der Waals surface area contributed by atoms with E-state index in [0.717, 1.165) is 17.4 Å². The first kappa shape index (κ1) is 10.0. The SMILES string of the molecule is CCCc1ccc2cc(O)c(C)cc2c1. The molecule has 15 heavy (non-hydrogen) atoms. The number of aryl methyl sites for hydroxylation is 2. The van der Waals surface area contributed by atoms with E-state index in [2.05, 4.69) is 25.1 Å². The zero-order valence-electron chi connectivity index (χ0n) is 9.25. The Morgan fingerprint density at radius 2 is 1.87 bits per heavy atom. The van der Waals surface area contributed by atoms with Crippen molar-refractivity contribution in [3.63, 3.8) is 0 Å². The number of phenolic OH excluding ortho intramolecular Hbond substituents is 1. The summed E-state index contributed by atoms with van der Waals surface area (Å²) in [6.07, 6.45) is 2.29. The number of hydrogen-bond acceptors (Lipinski definition) is 1. The van der Waals surface area contributed by atoms with Crippen molar-refractivity contribution in [1.29, 1.82) is 0 Å². The lowest BCUT2D eigenvalue weighted by Gasteiger charge is -2.05. The van der Waals surface area contributed by atoms with Gasteiger partial charge < -0.3 is 5.11 Å². The lowest BCUT2D eigenvalue weighted by Crippen LogP contribution is -1.84. The maximum absolute atomic E-state index is 9.59. The molecule has 0 fully saturated rings. The van der Waals surface area contributed by atoms with Crippen LogP contribution in [0.1, 0.15) is 24.5 Å². The minimum atomic E-state index is 0.380. The molecule has 78 valence electrons. The number of phenols is 1. The average molecular weight is 200 g/mol. The summed E-state index contributed by atoms with van der Waals surface area (Å²) in [4.78, 5) is 0. The van der Waals surface area contributed by atoms with Crippen LogP contribution in [0.4, 0.5) is 0 Å². The molecule has 1 N–H and O–H groups in total. The Bertz CT molecular complexity index is 486. The second kappa shape index (κ2) is 3.93. The van der Waals surface area contributed by atoms with E-state index in [9.17, 15) is 5.11 Å². The average Bonchev–Trinajstić information content (AvgIpc) is 2.21. The molecule has 2 aromatic rings. The predicted octanol–water partition coefficient (Wildman–Crippen LogP) is 3.81. The van der Waals surface area contributed by atoms with Crippen LogP contribution in [0.3, 0.4) is 0 Å². The second-order valence-electron chi connectivity index (χ2n) is 4.07. The maximum Gasteiger partial charge on any atom is 0.119 e. The molecule has 0 aromatic heterocycles. The molecule has 0 amide bonds. The van der Waals surface area contributed by atoms with Gasteiger partial charge in [0.2, 0.25) is 0 Å². The van der Waals surface area contributed by atoms with E-state index in [1.165, 1.54) is 17.4 Å². The first-order valence-electron chi connectivity index (χ1n) is 5.43. The minimum absolute atomic E-state index is 0.380. The lowest BCUT2D eigenvalue weighted by molar-refractivity contribution is 0.472. The quantitative estimate of drug-likeness (QED) is 0.781. The van der Waals surface area contributed by atoms with Gasteiger partial charge in [0.15, 0.2) is 0 Å². The highest BCUT2D eigenvalue weighted by atomic mass is 16.3. The van der Waals surface area contributed by atoms with Gasteiger partial charge in [0.1, 0.15) is 5.75 Å². The highest BCUT2D eigenvalue weighted by Crippen LogP contribution is 2.25. The largest absolute Gasteiger partial charge is 0.508 e. The van der Waals surface area contributed by atoms with Crippen LogP contribution in [-0.2, 0) is 6.42 Å². The number of hydrogen-bond donors (Lipinski definition) is 1. The molecule has 0 aliphatic heterocycles. The van der Waals surface area contributed by atoms with E-state index in [4.69, 9.17) is 0 Å². The van der Waals surface area contributed by atoms with Crippen molar-refractivity contribution in [3.05, 3.63) is 41.5 Å². The highest BCUT2D eigenvalue weighted by Gasteiger charge is 2.00. The highest BCUT2D eigenvalue weighted by molar-refractivity contribution is 5.85. The Balaban J connectivity index is 2.56. The molecule has 0 unspecified atom stereocenters. The van der Waals surface area contributed by atoms with Gasteiger partial charge >= 0.3 is 0 Å². The summed E-state index contributed by atoms with van der Waals surface area (Å²) in [5.74, 6) is 0.380. The van der Waals surface area contributed by atoms with Gasteiger partial charge in [0.05, 0.1) is 0 Å². The van der Waals surface area contributed by atoms with Crippen molar-refractivity contribution in [2.75, 3.05) is 0 Å². The molecule has 0 bridgehead atoms. The molecular formula is C14H16O. The van der Waals surface area contributed by atoms with Gasteiger partial charge in [0, 0.05) is 0 Å². The summed E-state index contributed by atoms with van der Waals surface area (Å²) in [6, 6.07) is 10.3. The third-order valence-electron chi connectivity index (χ3n) is 2.76. The van der Waals surface area contributed by atoms with E-state index in [1.807, 2.05) is 19.1 Å². The van der Waals surface area contributed by atoms with E-state index in [0.29, 0.717) is 5.75 Å². The lowest BCUT2D eigenvalue weighted by atomic mass is 10.0. The van der Waals surface area contributed by atoms with Crippen molar-refractivity contribution in [1.82, 2.24) is 0 Å². The molecule has 0 saturated heterocycles. The van der Waals surface area contributed by atoms with Crippen molar-refractivity contribution < 1.29 is 5.11 Å². The van der Waals surface area contributed by atoms with Crippen LogP contribution in [0.5, 0.6) is 5.75 Å². The first-order valence-corrected chi connectivity index (χ1v) is 5.43. The Morgan fingerprint density at radius 1 is 1.07 bits per heavy atom. The van der Waals surface area contributed by atoms with Crippen LogP contribution >= 0.6 is 0 Å². The van der Waals surface area contributed by atoms with Crippen molar-refractivity contribution in [3.8, 4) is 5.75 Å². The first-order chi connectivity index (χ1) is 7.20. The van der Waals surface area contributed by atoms with E-state index < -0.39 is 0 Å². The van der Waals surface area contributed by atoms with Crippen molar-refractivity contribution >= 4 is 10.8 Å². The summed E-state index contributed by atoms with van der Waals surface area (Å²) >= 11 is 0. The minimum Gasteiger partial charge on any atom is -0.508 e. The third-order valence-corrected chi connectivity index (χ3v) is 2.76. The Kier molecular flexibility index (Phi) is 2.63. The van der Waals surface area contributed by atoms with Crippen LogP contribution in [0.15, 0.2) is 30.3 Å². The molecule has 2 rings (SSSR count). The maximum atomic E-state index is 9.59. The van der Waals surface area contributed by atoms with Crippen LogP contribution in [0.2, 0.25) is 0 Å². The normalized spacial score (nSPS) is 10.8. The molecule has 0 radical (unpaired) electrons. The molecule has 0 heterocycles. The molecule has 0 saturated carbocycles. The van der Waals surface area contributed by atoms with Gasteiger partial charge in [0.25, 0.3) is 0 Å². The number of rotatable bonds is 2. The topological polar surface area (TPSA) is 20.2 Å².